The molecule has 2 aliphatic rings. The lowest BCUT2D eigenvalue weighted by Gasteiger charge is -2.39. The van der Waals surface area contributed by atoms with Gasteiger partial charge in [0.05, 0.1) is 38.5 Å². The van der Waals surface area contributed by atoms with Crippen LogP contribution in [-0.2, 0) is 16.0 Å². The fourth-order valence-electron chi connectivity index (χ4n) is 3.71. The van der Waals surface area contributed by atoms with Gasteiger partial charge in [0.25, 0.3) is 0 Å². The molecule has 0 bridgehead atoms. The average Bonchev–Trinajstić information content (AvgIpc) is 2.83. The van der Waals surface area contributed by atoms with Crippen molar-refractivity contribution in [3.05, 3.63) is 35.1 Å². The Hall–Kier alpha value is -1.40. The van der Waals surface area contributed by atoms with Crippen LogP contribution in [0.5, 0.6) is 0 Å². The summed E-state index contributed by atoms with van der Waals surface area (Å²) in [4.78, 5) is 2.41. The van der Waals surface area contributed by atoms with Crippen LogP contribution in [0.3, 0.4) is 0 Å². The summed E-state index contributed by atoms with van der Waals surface area (Å²) in [6.07, 6.45) is 0. The fraction of sp³-hybridized carbons (Fsp3) is 0.579. The largest absolute Gasteiger partial charge is 0.460 e. The van der Waals surface area contributed by atoms with Crippen LogP contribution in [-0.4, -0.2) is 56.5 Å². The van der Waals surface area contributed by atoms with Crippen molar-refractivity contribution >= 4 is 11.0 Å². The Morgan fingerprint density at radius 2 is 1.88 bits per heavy atom. The van der Waals surface area contributed by atoms with Crippen molar-refractivity contribution in [1.82, 2.24) is 10.2 Å². The molecule has 2 aliphatic heterocycles. The maximum Gasteiger partial charge on any atom is 0.134 e. The van der Waals surface area contributed by atoms with Crippen molar-refractivity contribution in [2.24, 2.45) is 0 Å². The van der Waals surface area contributed by atoms with Crippen molar-refractivity contribution in [3.63, 3.8) is 0 Å². The lowest BCUT2D eigenvalue weighted by atomic mass is 10.00. The quantitative estimate of drug-likeness (QED) is 0.915. The van der Waals surface area contributed by atoms with E-state index < -0.39 is 0 Å². The molecule has 3 heterocycles. The minimum absolute atomic E-state index is 0.0893. The number of nitrogens with one attached hydrogen (secondary N) is 1. The predicted octanol–water partition coefficient (Wildman–Crippen LogP) is 2.24. The Bertz CT molecular complexity index is 680. The van der Waals surface area contributed by atoms with Gasteiger partial charge in [0.2, 0.25) is 0 Å². The van der Waals surface area contributed by atoms with Crippen LogP contribution in [0.1, 0.15) is 16.9 Å². The lowest BCUT2D eigenvalue weighted by molar-refractivity contribution is -0.0163. The second-order valence-corrected chi connectivity index (χ2v) is 7.21. The van der Waals surface area contributed by atoms with E-state index in [1.807, 2.05) is 0 Å². The number of benzene rings is 1. The van der Waals surface area contributed by atoms with Gasteiger partial charge in [-0.15, -0.1) is 0 Å². The highest BCUT2D eigenvalue weighted by Gasteiger charge is 2.36. The molecular weight excluding hydrogens is 304 g/mol. The van der Waals surface area contributed by atoms with Crippen LogP contribution < -0.4 is 5.32 Å². The number of furan rings is 1. The maximum absolute atomic E-state index is 6.09. The Morgan fingerprint density at radius 1 is 1.08 bits per heavy atom. The van der Waals surface area contributed by atoms with Gasteiger partial charge in [0.1, 0.15) is 11.3 Å². The van der Waals surface area contributed by atoms with Crippen molar-refractivity contribution in [2.75, 3.05) is 46.1 Å². The molecule has 24 heavy (non-hydrogen) atoms. The summed E-state index contributed by atoms with van der Waals surface area (Å²) in [5.74, 6) is 1.02. The van der Waals surface area contributed by atoms with E-state index in [1.54, 1.807) is 0 Å². The van der Waals surface area contributed by atoms with Gasteiger partial charge in [-0.05, 0) is 43.2 Å². The average molecular weight is 330 g/mol. The zero-order valence-electron chi connectivity index (χ0n) is 14.6. The van der Waals surface area contributed by atoms with Crippen LogP contribution in [0, 0.1) is 13.8 Å². The summed E-state index contributed by atoms with van der Waals surface area (Å²) < 4.78 is 17.6. The first-order chi connectivity index (χ1) is 11.6. The van der Waals surface area contributed by atoms with Gasteiger partial charge in [-0.25, -0.2) is 0 Å². The molecule has 2 fully saturated rings. The first-order valence-corrected chi connectivity index (χ1v) is 8.76. The molecule has 4 rings (SSSR count). The first kappa shape index (κ1) is 16.1. The summed E-state index contributed by atoms with van der Waals surface area (Å²) in [7, 11) is 0. The molecule has 1 N–H and O–H groups in total. The number of ether oxygens (including phenoxy) is 2. The third-order valence-corrected chi connectivity index (χ3v) is 5.14. The van der Waals surface area contributed by atoms with Gasteiger partial charge in [0, 0.05) is 25.0 Å². The monoisotopic (exact) mass is 330 g/mol. The van der Waals surface area contributed by atoms with Gasteiger partial charge >= 0.3 is 0 Å². The smallest absolute Gasteiger partial charge is 0.134 e. The van der Waals surface area contributed by atoms with Crippen LogP contribution >= 0.6 is 0 Å². The number of nitrogens with zero attached hydrogens (tertiary/aromatic N) is 1. The molecule has 5 nitrogen and oxygen atoms in total. The van der Waals surface area contributed by atoms with E-state index in [-0.39, 0.29) is 5.54 Å². The van der Waals surface area contributed by atoms with Gasteiger partial charge < -0.3 is 19.2 Å². The van der Waals surface area contributed by atoms with E-state index in [9.17, 15) is 0 Å². The fourth-order valence-corrected chi connectivity index (χ4v) is 3.71. The number of morpholine rings is 1. The Labute approximate surface area is 142 Å². The van der Waals surface area contributed by atoms with Gasteiger partial charge in [-0.2, -0.15) is 0 Å². The standard InChI is InChI=1S/C19H26N2O3/c1-14-7-16-9-17(24-18(16)8-15(14)2)10-21-4-6-23-13-19(11-21)12-22-5-3-20-19/h7-9,20H,3-6,10-13H2,1-2H3. The molecule has 1 spiro atoms. The maximum atomic E-state index is 6.09. The molecule has 2 aromatic rings. The summed E-state index contributed by atoms with van der Waals surface area (Å²) in [6.45, 7) is 10.8. The molecule has 1 aromatic heterocycles. The van der Waals surface area contributed by atoms with Gasteiger partial charge in [-0.3, -0.25) is 4.90 Å². The van der Waals surface area contributed by atoms with Crippen LogP contribution in [0.25, 0.3) is 11.0 Å². The minimum Gasteiger partial charge on any atom is -0.460 e. The molecule has 1 aromatic carbocycles. The van der Waals surface area contributed by atoms with Crippen LogP contribution in [0.4, 0.5) is 0 Å². The number of hydrogen-bond acceptors (Lipinski definition) is 5. The van der Waals surface area contributed by atoms with Crippen molar-refractivity contribution in [2.45, 2.75) is 25.9 Å². The normalized spacial score (nSPS) is 26.1. The lowest BCUT2D eigenvalue weighted by Crippen LogP contribution is -2.61. The molecule has 0 amide bonds. The minimum atomic E-state index is -0.0893. The second kappa shape index (κ2) is 6.48. The molecule has 0 saturated carbocycles. The van der Waals surface area contributed by atoms with E-state index in [0.717, 1.165) is 50.7 Å². The summed E-state index contributed by atoms with van der Waals surface area (Å²) in [6, 6.07) is 6.52. The predicted molar refractivity (Wildman–Crippen MR) is 93.3 cm³/mol. The van der Waals surface area contributed by atoms with E-state index in [4.69, 9.17) is 13.9 Å². The first-order valence-electron chi connectivity index (χ1n) is 8.76. The highest BCUT2D eigenvalue weighted by molar-refractivity contribution is 5.79. The number of hydrogen-bond donors (Lipinski definition) is 1. The SMILES string of the molecule is Cc1cc2cc(CN3CCOCC4(COCCN4)C3)oc2cc1C. The summed E-state index contributed by atoms with van der Waals surface area (Å²) in [5.41, 5.74) is 3.47. The highest BCUT2D eigenvalue weighted by atomic mass is 16.5. The third-order valence-electron chi connectivity index (χ3n) is 5.14. The van der Waals surface area contributed by atoms with Crippen molar-refractivity contribution in [3.8, 4) is 0 Å². The van der Waals surface area contributed by atoms with E-state index in [0.29, 0.717) is 13.2 Å². The summed E-state index contributed by atoms with van der Waals surface area (Å²) >= 11 is 0. The van der Waals surface area contributed by atoms with Crippen LogP contribution in [0.2, 0.25) is 0 Å². The highest BCUT2D eigenvalue weighted by Crippen LogP contribution is 2.25. The number of rotatable bonds is 2. The van der Waals surface area contributed by atoms with Crippen LogP contribution in [0.15, 0.2) is 22.6 Å². The molecule has 1 atom stereocenters. The molecule has 1 unspecified atom stereocenters. The molecule has 5 heteroatoms. The zero-order chi connectivity index (χ0) is 16.6. The van der Waals surface area contributed by atoms with E-state index >= 15 is 0 Å². The Balaban J connectivity index is 1.53. The zero-order valence-corrected chi connectivity index (χ0v) is 14.6. The van der Waals surface area contributed by atoms with Crippen molar-refractivity contribution < 1.29 is 13.9 Å². The van der Waals surface area contributed by atoms with Gasteiger partial charge in [-0.1, -0.05) is 0 Å². The topological polar surface area (TPSA) is 46.9 Å². The second-order valence-electron chi connectivity index (χ2n) is 7.21. The third kappa shape index (κ3) is 3.22. The molecule has 2 saturated heterocycles. The number of aryl methyl sites for hydroxylation is 2. The Morgan fingerprint density at radius 3 is 2.71 bits per heavy atom. The number of fused-ring (bicyclic) bond motifs is 1. The van der Waals surface area contributed by atoms with Gasteiger partial charge in [0.15, 0.2) is 0 Å². The molecule has 130 valence electrons. The summed E-state index contributed by atoms with van der Waals surface area (Å²) in [5, 5.41) is 4.80. The Kier molecular flexibility index (Phi) is 4.35. The molecule has 0 aliphatic carbocycles. The van der Waals surface area contributed by atoms with Crippen molar-refractivity contribution in [1.29, 1.82) is 0 Å². The molecular formula is C19H26N2O3. The molecule has 0 radical (unpaired) electrons. The van der Waals surface area contributed by atoms with E-state index in [2.05, 4.69) is 42.3 Å². The van der Waals surface area contributed by atoms with E-state index in [1.165, 1.54) is 16.5 Å².